The predicted molar refractivity (Wildman–Crippen MR) is 89.2 cm³/mol. The molecule has 6 heteroatoms. The first kappa shape index (κ1) is 16.7. The summed E-state index contributed by atoms with van der Waals surface area (Å²) in [5.74, 6) is 0.800. The summed E-state index contributed by atoms with van der Waals surface area (Å²) in [6.45, 7) is 5.61. The largest absolute Gasteiger partial charge is 0.493 e. The van der Waals surface area contributed by atoms with Crippen LogP contribution in [0.25, 0.3) is 11.1 Å². The number of halogens is 1. The number of nitrogens with one attached hydrogen (secondary N) is 1. The standard InChI is InChI=1S/C17H15ClN2O3/c1-4-5-23-16-14(18)7-11(8-15(16)22-3)12-6-10(2)20-17(21)13(12)9-19/h4,6-8H,1,5H2,2-3H3,(H,20,21). The molecule has 23 heavy (non-hydrogen) atoms. The first-order chi connectivity index (χ1) is 11.0. The molecule has 2 aromatic rings. The maximum Gasteiger partial charge on any atom is 0.266 e. The normalized spacial score (nSPS) is 10.0. The fourth-order valence-corrected chi connectivity index (χ4v) is 2.45. The summed E-state index contributed by atoms with van der Waals surface area (Å²) < 4.78 is 10.8. The van der Waals surface area contributed by atoms with Crippen LogP contribution in [0.3, 0.4) is 0 Å². The topological polar surface area (TPSA) is 75.1 Å². The molecule has 2 rings (SSSR count). The van der Waals surface area contributed by atoms with Gasteiger partial charge < -0.3 is 14.5 Å². The van der Waals surface area contributed by atoms with E-state index in [1.54, 1.807) is 31.2 Å². The summed E-state index contributed by atoms with van der Waals surface area (Å²) in [4.78, 5) is 14.5. The van der Waals surface area contributed by atoms with Gasteiger partial charge in [0.25, 0.3) is 5.56 Å². The summed E-state index contributed by atoms with van der Waals surface area (Å²) in [5.41, 5.74) is 1.32. The van der Waals surface area contributed by atoms with E-state index in [2.05, 4.69) is 11.6 Å². The molecular weight excluding hydrogens is 316 g/mol. The monoisotopic (exact) mass is 330 g/mol. The van der Waals surface area contributed by atoms with E-state index in [9.17, 15) is 10.1 Å². The average Bonchev–Trinajstić information content (AvgIpc) is 2.52. The summed E-state index contributed by atoms with van der Waals surface area (Å²) in [6.07, 6.45) is 1.59. The lowest BCUT2D eigenvalue weighted by atomic mass is 10.0. The number of rotatable bonds is 5. The van der Waals surface area contributed by atoms with E-state index in [0.717, 1.165) is 0 Å². The predicted octanol–water partition coefficient (Wildman–Crippen LogP) is 3.45. The van der Waals surface area contributed by atoms with Crippen LogP contribution in [0.2, 0.25) is 5.02 Å². The second-order valence-corrected chi connectivity index (χ2v) is 5.18. The van der Waals surface area contributed by atoms with Crippen molar-refractivity contribution in [2.24, 2.45) is 0 Å². The zero-order chi connectivity index (χ0) is 17.0. The van der Waals surface area contributed by atoms with Crippen LogP contribution >= 0.6 is 11.6 Å². The number of nitriles is 1. The highest BCUT2D eigenvalue weighted by atomic mass is 35.5. The van der Waals surface area contributed by atoms with E-state index in [0.29, 0.717) is 33.3 Å². The van der Waals surface area contributed by atoms with Gasteiger partial charge in [-0.3, -0.25) is 4.79 Å². The molecular formula is C17H15ClN2O3. The number of H-pyrrole nitrogens is 1. The molecule has 1 aromatic carbocycles. The summed E-state index contributed by atoms with van der Waals surface area (Å²) in [5, 5.41) is 9.57. The number of aromatic nitrogens is 1. The van der Waals surface area contributed by atoms with Gasteiger partial charge >= 0.3 is 0 Å². The Balaban J connectivity index is 2.67. The number of benzene rings is 1. The molecule has 0 aliphatic rings. The lowest BCUT2D eigenvalue weighted by molar-refractivity contribution is 0.327. The quantitative estimate of drug-likeness (QED) is 0.852. The number of methoxy groups -OCH3 is 1. The Kier molecular flexibility index (Phi) is 5.09. The Labute approximate surface area is 138 Å². The van der Waals surface area contributed by atoms with E-state index in [4.69, 9.17) is 21.1 Å². The summed E-state index contributed by atoms with van der Waals surface area (Å²) >= 11 is 6.27. The number of aryl methyl sites for hydroxylation is 1. The van der Waals surface area contributed by atoms with Crippen LogP contribution in [0.1, 0.15) is 11.3 Å². The highest BCUT2D eigenvalue weighted by Gasteiger charge is 2.16. The van der Waals surface area contributed by atoms with Crippen LogP contribution in [0, 0.1) is 18.3 Å². The fourth-order valence-electron chi connectivity index (χ4n) is 2.18. The van der Waals surface area contributed by atoms with Gasteiger partial charge in [-0.25, -0.2) is 0 Å². The highest BCUT2D eigenvalue weighted by molar-refractivity contribution is 6.32. The third-order valence-corrected chi connectivity index (χ3v) is 3.45. The Morgan fingerprint density at radius 1 is 1.43 bits per heavy atom. The molecule has 118 valence electrons. The number of pyridine rings is 1. The minimum absolute atomic E-state index is 0.0217. The maximum absolute atomic E-state index is 11.9. The number of aromatic amines is 1. The van der Waals surface area contributed by atoms with E-state index in [-0.39, 0.29) is 12.2 Å². The zero-order valence-corrected chi connectivity index (χ0v) is 13.5. The van der Waals surface area contributed by atoms with Crippen molar-refractivity contribution in [1.29, 1.82) is 5.26 Å². The molecule has 1 heterocycles. The van der Waals surface area contributed by atoms with E-state index >= 15 is 0 Å². The highest BCUT2D eigenvalue weighted by Crippen LogP contribution is 2.40. The molecule has 0 unspecified atom stereocenters. The van der Waals surface area contributed by atoms with E-state index in [1.807, 2.05) is 6.07 Å². The minimum Gasteiger partial charge on any atom is -0.493 e. The van der Waals surface area contributed by atoms with Gasteiger partial charge in [-0.1, -0.05) is 24.3 Å². The summed E-state index contributed by atoms with van der Waals surface area (Å²) in [7, 11) is 1.49. The Morgan fingerprint density at radius 2 is 2.17 bits per heavy atom. The third-order valence-electron chi connectivity index (χ3n) is 3.17. The number of ether oxygens (including phenoxy) is 2. The molecule has 0 atom stereocenters. The van der Waals surface area contributed by atoms with Crippen molar-refractivity contribution in [3.63, 3.8) is 0 Å². The molecule has 0 fully saturated rings. The molecule has 0 saturated heterocycles. The Hall–Kier alpha value is -2.71. The van der Waals surface area contributed by atoms with Gasteiger partial charge in [-0.05, 0) is 30.7 Å². The Morgan fingerprint density at radius 3 is 2.78 bits per heavy atom. The van der Waals surface area contributed by atoms with Crippen LogP contribution in [0.4, 0.5) is 0 Å². The second kappa shape index (κ2) is 7.03. The molecule has 0 aliphatic heterocycles. The van der Waals surface area contributed by atoms with Gasteiger partial charge in [-0.15, -0.1) is 0 Å². The van der Waals surface area contributed by atoms with Crippen molar-refractivity contribution in [3.8, 4) is 28.7 Å². The van der Waals surface area contributed by atoms with Gasteiger partial charge in [0.2, 0.25) is 0 Å². The summed E-state index contributed by atoms with van der Waals surface area (Å²) in [6, 6.07) is 6.96. The van der Waals surface area contributed by atoms with Crippen molar-refractivity contribution >= 4 is 11.6 Å². The second-order valence-electron chi connectivity index (χ2n) is 4.77. The molecule has 0 aliphatic carbocycles. The number of nitrogens with zero attached hydrogens (tertiary/aromatic N) is 1. The lowest BCUT2D eigenvalue weighted by Gasteiger charge is -2.14. The van der Waals surface area contributed by atoms with E-state index < -0.39 is 5.56 Å². The zero-order valence-electron chi connectivity index (χ0n) is 12.8. The van der Waals surface area contributed by atoms with Crippen LogP contribution in [0.5, 0.6) is 11.5 Å². The molecule has 0 bridgehead atoms. The van der Waals surface area contributed by atoms with Crippen molar-refractivity contribution in [2.45, 2.75) is 6.92 Å². The van der Waals surface area contributed by atoms with Gasteiger partial charge in [-0.2, -0.15) is 5.26 Å². The van der Waals surface area contributed by atoms with Crippen molar-refractivity contribution in [1.82, 2.24) is 4.98 Å². The van der Waals surface area contributed by atoms with Gasteiger partial charge in [0.1, 0.15) is 18.2 Å². The van der Waals surface area contributed by atoms with Crippen LogP contribution in [0.15, 0.2) is 35.6 Å². The van der Waals surface area contributed by atoms with Crippen molar-refractivity contribution in [2.75, 3.05) is 13.7 Å². The third kappa shape index (κ3) is 3.38. The Bertz CT molecular complexity index is 850. The van der Waals surface area contributed by atoms with Gasteiger partial charge in [0.05, 0.1) is 12.1 Å². The van der Waals surface area contributed by atoms with Gasteiger partial charge in [0.15, 0.2) is 11.5 Å². The first-order valence-corrected chi connectivity index (χ1v) is 7.15. The molecule has 0 saturated carbocycles. The molecule has 5 nitrogen and oxygen atoms in total. The molecule has 1 N–H and O–H groups in total. The first-order valence-electron chi connectivity index (χ1n) is 6.77. The van der Waals surface area contributed by atoms with E-state index in [1.165, 1.54) is 7.11 Å². The maximum atomic E-state index is 11.9. The van der Waals surface area contributed by atoms with Crippen LogP contribution < -0.4 is 15.0 Å². The molecule has 0 amide bonds. The molecule has 0 spiro atoms. The van der Waals surface area contributed by atoms with Crippen molar-refractivity contribution < 1.29 is 9.47 Å². The minimum atomic E-state index is -0.440. The van der Waals surface area contributed by atoms with Gasteiger partial charge in [0, 0.05) is 11.3 Å². The number of hydrogen-bond donors (Lipinski definition) is 1. The van der Waals surface area contributed by atoms with Crippen molar-refractivity contribution in [3.05, 3.63) is 57.5 Å². The molecule has 1 aromatic heterocycles. The van der Waals surface area contributed by atoms with Crippen LogP contribution in [-0.2, 0) is 0 Å². The lowest BCUT2D eigenvalue weighted by Crippen LogP contribution is -2.12. The fraction of sp³-hybridized carbons (Fsp3) is 0.176. The SMILES string of the molecule is C=CCOc1c(Cl)cc(-c2cc(C)[nH]c(=O)c2C#N)cc1OC. The van der Waals surface area contributed by atoms with Crippen LogP contribution in [-0.4, -0.2) is 18.7 Å². The molecule has 0 radical (unpaired) electrons. The number of hydrogen-bond acceptors (Lipinski definition) is 4. The smallest absolute Gasteiger partial charge is 0.266 e. The average molecular weight is 331 g/mol.